The number of carbonyl (C=O) groups excluding carboxylic acids is 3. The second kappa shape index (κ2) is 48.8. The number of ether oxygens (including phenoxy) is 3. The maximum Gasteiger partial charge on any atom is 0.306 e. The van der Waals surface area contributed by atoms with E-state index in [2.05, 4.69) is 81.5 Å². The van der Waals surface area contributed by atoms with Crippen molar-refractivity contribution in [2.75, 3.05) is 13.2 Å². The van der Waals surface area contributed by atoms with Gasteiger partial charge in [-0.25, -0.2) is 0 Å². The minimum Gasteiger partial charge on any atom is -0.462 e. The normalized spacial score (nSPS) is 12.5. The van der Waals surface area contributed by atoms with Gasteiger partial charge in [0, 0.05) is 19.3 Å². The summed E-state index contributed by atoms with van der Waals surface area (Å²) in [6.45, 7) is 6.46. The van der Waals surface area contributed by atoms with E-state index in [1.807, 2.05) is 0 Å². The van der Waals surface area contributed by atoms with Crippen molar-refractivity contribution in [3.05, 3.63) is 60.8 Å². The van der Waals surface area contributed by atoms with Crippen molar-refractivity contribution in [3.63, 3.8) is 0 Å². The molecule has 0 spiro atoms. The highest BCUT2D eigenvalue weighted by Crippen LogP contribution is 2.14. The summed E-state index contributed by atoms with van der Waals surface area (Å²) in [7, 11) is 0. The van der Waals surface area contributed by atoms with Gasteiger partial charge in [-0.15, -0.1) is 0 Å². The monoisotopic (exact) mass is 839 g/mol. The van der Waals surface area contributed by atoms with Gasteiger partial charge in [-0.3, -0.25) is 14.4 Å². The van der Waals surface area contributed by atoms with E-state index in [1.54, 1.807) is 0 Å². The fourth-order valence-corrected chi connectivity index (χ4v) is 6.96. The molecule has 0 radical (unpaired) electrons. The molecular formula is C54H94O6. The van der Waals surface area contributed by atoms with Gasteiger partial charge in [0.15, 0.2) is 6.10 Å². The lowest BCUT2D eigenvalue weighted by atomic mass is 10.1. The summed E-state index contributed by atoms with van der Waals surface area (Å²) in [6.07, 6.45) is 59.1. The Hall–Kier alpha value is -2.89. The van der Waals surface area contributed by atoms with Crippen molar-refractivity contribution in [1.29, 1.82) is 0 Å². The number of rotatable bonds is 45. The van der Waals surface area contributed by atoms with Gasteiger partial charge in [0.2, 0.25) is 0 Å². The molecule has 0 saturated heterocycles. The summed E-state index contributed by atoms with van der Waals surface area (Å²) in [4.78, 5) is 37.9. The van der Waals surface area contributed by atoms with E-state index >= 15 is 0 Å². The van der Waals surface area contributed by atoms with Crippen LogP contribution in [0.2, 0.25) is 0 Å². The zero-order valence-electron chi connectivity index (χ0n) is 39.5. The first-order valence-corrected chi connectivity index (χ1v) is 25.3. The SMILES string of the molecule is CC\C=C/C=C\C=C/CCCCCCCCCC(=O)OCC(COC(=O)CCCCC/C=C\CCCCCCCC)OC(=O)CCCCC/C=C\CCCCCCCCC. The summed E-state index contributed by atoms with van der Waals surface area (Å²) in [6, 6.07) is 0. The molecule has 0 aromatic carbocycles. The predicted octanol–water partition coefficient (Wildman–Crippen LogP) is 16.5. The van der Waals surface area contributed by atoms with Crippen molar-refractivity contribution in [3.8, 4) is 0 Å². The van der Waals surface area contributed by atoms with Crippen LogP contribution in [0.4, 0.5) is 0 Å². The maximum absolute atomic E-state index is 12.8. The van der Waals surface area contributed by atoms with Crippen LogP contribution in [0, 0.1) is 0 Å². The molecule has 1 unspecified atom stereocenters. The molecule has 0 bridgehead atoms. The molecule has 0 heterocycles. The van der Waals surface area contributed by atoms with E-state index in [0.29, 0.717) is 19.3 Å². The number of unbranched alkanes of at least 4 members (excludes halogenated alkanes) is 26. The predicted molar refractivity (Wildman–Crippen MR) is 256 cm³/mol. The molecule has 60 heavy (non-hydrogen) atoms. The molecule has 0 fully saturated rings. The zero-order chi connectivity index (χ0) is 43.7. The maximum atomic E-state index is 12.8. The van der Waals surface area contributed by atoms with Gasteiger partial charge >= 0.3 is 17.9 Å². The highest BCUT2D eigenvalue weighted by atomic mass is 16.6. The van der Waals surface area contributed by atoms with Gasteiger partial charge in [-0.1, -0.05) is 197 Å². The molecule has 0 aliphatic rings. The van der Waals surface area contributed by atoms with Gasteiger partial charge in [0.05, 0.1) is 0 Å². The number of carbonyl (C=O) groups is 3. The van der Waals surface area contributed by atoms with Crippen LogP contribution in [0.5, 0.6) is 0 Å². The van der Waals surface area contributed by atoms with Crippen molar-refractivity contribution in [2.45, 2.75) is 252 Å². The zero-order valence-corrected chi connectivity index (χ0v) is 39.5. The van der Waals surface area contributed by atoms with E-state index in [-0.39, 0.29) is 31.1 Å². The fourth-order valence-electron chi connectivity index (χ4n) is 6.96. The molecule has 0 aromatic rings. The van der Waals surface area contributed by atoms with Crippen molar-refractivity contribution in [1.82, 2.24) is 0 Å². The summed E-state index contributed by atoms with van der Waals surface area (Å²) < 4.78 is 16.7. The van der Waals surface area contributed by atoms with Crippen molar-refractivity contribution < 1.29 is 28.6 Å². The molecule has 6 nitrogen and oxygen atoms in total. The molecule has 6 heteroatoms. The largest absolute Gasteiger partial charge is 0.462 e. The molecule has 0 amide bonds. The molecule has 0 saturated carbocycles. The summed E-state index contributed by atoms with van der Waals surface area (Å²) in [5.74, 6) is -0.932. The Morgan fingerprint density at radius 3 is 1.07 bits per heavy atom. The Bertz CT molecular complexity index is 1100. The van der Waals surface area contributed by atoms with Crippen LogP contribution in [-0.2, 0) is 28.6 Å². The molecule has 1 atom stereocenters. The minimum absolute atomic E-state index is 0.0911. The first kappa shape index (κ1) is 57.1. The van der Waals surface area contributed by atoms with Crippen LogP contribution in [0.25, 0.3) is 0 Å². The van der Waals surface area contributed by atoms with E-state index < -0.39 is 6.10 Å². The molecular weight excluding hydrogens is 745 g/mol. The molecule has 0 aromatic heterocycles. The Morgan fingerprint density at radius 1 is 0.350 bits per heavy atom. The summed E-state index contributed by atoms with van der Waals surface area (Å²) in [5.41, 5.74) is 0. The molecule has 0 aliphatic heterocycles. The first-order valence-electron chi connectivity index (χ1n) is 25.3. The smallest absolute Gasteiger partial charge is 0.306 e. The Kier molecular flexibility index (Phi) is 46.4. The van der Waals surface area contributed by atoms with Gasteiger partial charge < -0.3 is 14.2 Å². The third-order valence-corrected chi connectivity index (χ3v) is 10.8. The lowest BCUT2D eigenvalue weighted by Gasteiger charge is -2.18. The number of allylic oxidation sites excluding steroid dienone is 10. The first-order chi connectivity index (χ1) is 29.5. The highest BCUT2D eigenvalue weighted by Gasteiger charge is 2.19. The van der Waals surface area contributed by atoms with Crippen molar-refractivity contribution in [2.24, 2.45) is 0 Å². The molecule has 0 N–H and O–H groups in total. The average molecular weight is 839 g/mol. The standard InChI is InChI=1S/C54H94O6/c1-4-7-10-13-16-19-22-25-27-30-32-35-38-41-44-47-53(56)59-50-51(49-58-52(55)46-43-40-37-34-31-28-24-21-18-15-12-9-6-3)60-54(57)48-45-42-39-36-33-29-26-23-20-17-14-11-8-5-2/h7,10,13,16,19,22,28-29,31,33,51H,4-6,8-9,11-12,14-15,17-18,20-21,23-27,30,32,34-50H2,1-3H3/b10-7-,16-13-,22-19-,31-28-,33-29-. The van der Waals surface area contributed by atoms with Crippen LogP contribution in [0.3, 0.4) is 0 Å². The van der Waals surface area contributed by atoms with Crippen LogP contribution in [0.15, 0.2) is 60.8 Å². The van der Waals surface area contributed by atoms with Crippen LogP contribution < -0.4 is 0 Å². The van der Waals surface area contributed by atoms with Crippen LogP contribution in [-0.4, -0.2) is 37.2 Å². The lowest BCUT2D eigenvalue weighted by Crippen LogP contribution is -2.30. The summed E-state index contributed by atoms with van der Waals surface area (Å²) >= 11 is 0. The third kappa shape index (κ3) is 46.2. The Labute approximate surface area is 370 Å². The number of hydrogen-bond acceptors (Lipinski definition) is 6. The minimum atomic E-state index is -0.791. The lowest BCUT2D eigenvalue weighted by molar-refractivity contribution is -0.167. The second-order valence-electron chi connectivity index (χ2n) is 16.7. The topological polar surface area (TPSA) is 78.9 Å². The van der Waals surface area contributed by atoms with E-state index in [9.17, 15) is 14.4 Å². The summed E-state index contributed by atoms with van der Waals surface area (Å²) in [5, 5.41) is 0. The van der Waals surface area contributed by atoms with E-state index in [0.717, 1.165) is 96.3 Å². The Balaban J connectivity index is 4.43. The number of esters is 3. The molecule has 346 valence electrons. The molecule has 0 aliphatic carbocycles. The Morgan fingerprint density at radius 2 is 0.667 bits per heavy atom. The molecule has 0 rings (SSSR count). The highest BCUT2D eigenvalue weighted by molar-refractivity contribution is 5.71. The van der Waals surface area contributed by atoms with E-state index in [4.69, 9.17) is 14.2 Å². The van der Waals surface area contributed by atoms with Gasteiger partial charge in [0.25, 0.3) is 0 Å². The van der Waals surface area contributed by atoms with Gasteiger partial charge in [0.1, 0.15) is 13.2 Å². The van der Waals surface area contributed by atoms with Crippen molar-refractivity contribution >= 4 is 17.9 Å². The third-order valence-electron chi connectivity index (χ3n) is 10.8. The van der Waals surface area contributed by atoms with E-state index in [1.165, 1.54) is 109 Å². The second-order valence-corrected chi connectivity index (χ2v) is 16.7. The fraction of sp³-hybridized carbons (Fsp3) is 0.759. The van der Waals surface area contributed by atoms with Gasteiger partial charge in [-0.2, -0.15) is 0 Å². The van der Waals surface area contributed by atoms with Crippen LogP contribution >= 0.6 is 0 Å². The van der Waals surface area contributed by atoms with Gasteiger partial charge in [-0.05, 0) is 89.9 Å². The quantitative estimate of drug-likeness (QED) is 0.0200. The average Bonchev–Trinajstić information content (AvgIpc) is 3.24. The van der Waals surface area contributed by atoms with Crippen LogP contribution in [0.1, 0.15) is 245 Å². The number of hydrogen-bond donors (Lipinski definition) is 0.